The highest BCUT2D eigenvalue weighted by atomic mass is 16.2. The summed E-state index contributed by atoms with van der Waals surface area (Å²) in [5.74, 6) is 0.201. The molecular formula is C21H27N3O. The Bertz CT molecular complexity index is 679. The molecule has 1 aliphatic heterocycles. The van der Waals surface area contributed by atoms with Crippen molar-refractivity contribution in [2.45, 2.75) is 20.0 Å². The molecule has 2 aromatic rings. The average molecular weight is 337 g/mol. The minimum atomic E-state index is 0.201. The highest BCUT2D eigenvalue weighted by molar-refractivity contribution is 5.78. The van der Waals surface area contributed by atoms with Gasteiger partial charge in [0.05, 0.1) is 6.54 Å². The predicted molar refractivity (Wildman–Crippen MR) is 101 cm³/mol. The van der Waals surface area contributed by atoms with Gasteiger partial charge in [0.1, 0.15) is 0 Å². The van der Waals surface area contributed by atoms with E-state index in [0.717, 1.165) is 39.3 Å². The van der Waals surface area contributed by atoms with Crippen LogP contribution in [-0.4, -0.2) is 48.4 Å². The number of hydrogen-bond acceptors (Lipinski definition) is 3. The van der Waals surface area contributed by atoms with Crippen molar-refractivity contribution in [3.8, 4) is 0 Å². The SMILES string of the molecule is Cc1cccc(CNCC(=O)N2CCN(Cc3ccccc3)CC2)c1. The average Bonchev–Trinajstić information content (AvgIpc) is 2.63. The van der Waals surface area contributed by atoms with Crippen LogP contribution >= 0.6 is 0 Å². The minimum Gasteiger partial charge on any atom is -0.339 e. The summed E-state index contributed by atoms with van der Waals surface area (Å²) >= 11 is 0. The first-order valence-electron chi connectivity index (χ1n) is 9.01. The van der Waals surface area contributed by atoms with Crippen LogP contribution in [-0.2, 0) is 17.9 Å². The monoisotopic (exact) mass is 337 g/mol. The molecule has 0 spiro atoms. The third kappa shape index (κ3) is 5.41. The lowest BCUT2D eigenvalue weighted by atomic mass is 10.1. The molecule has 1 N–H and O–H groups in total. The lowest BCUT2D eigenvalue weighted by Gasteiger charge is -2.34. The van der Waals surface area contributed by atoms with E-state index in [1.165, 1.54) is 16.7 Å². The van der Waals surface area contributed by atoms with Gasteiger partial charge in [0.25, 0.3) is 0 Å². The second kappa shape index (κ2) is 8.79. The first kappa shape index (κ1) is 17.6. The summed E-state index contributed by atoms with van der Waals surface area (Å²) in [4.78, 5) is 16.8. The zero-order valence-electron chi connectivity index (χ0n) is 14.9. The summed E-state index contributed by atoms with van der Waals surface area (Å²) in [5, 5.41) is 3.27. The Hall–Kier alpha value is -2.17. The number of carbonyl (C=O) groups excluding carboxylic acids is 1. The Kier molecular flexibility index (Phi) is 6.20. The highest BCUT2D eigenvalue weighted by Gasteiger charge is 2.20. The number of nitrogens with one attached hydrogen (secondary N) is 1. The second-order valence-corrected chi connectivity index (χ2v) is 6.74. The van der Waals surface area contributed by atoms with Crippen molar-refractivity contribution in [3.05, 3.63) is 71.3 Å². The number of carbonyl (C=O) groups is 1. The maximum absolute atomic E-state index is 12.4. The van der Waals surface area contributed by atoms with Crippen LogP contribution in [0, 0.1) is 6.92 Å². The number of piperazine rings is 1. The molecule has 0 aliphatic carbocycles. The number of nitrogens with zero attached hydrogens (tertiary/aromatic N) is 2. The van der Waals surface area contributed by atoms with Gasteiger partial charge in [0, 0.05) is 39.3 Å². The van der Waals surface area contributed by atoms with Crippen LogP contribution in [0.4, 0.5) is 0 Å². The summed E-state index contributed by atoms with van der Waals surface area (Å²) in [7, 11) is 0. The fourth-order valence-corrected chi connectivity index (χ4v) is 3.24. The number of benzene rings is 2. The van der Waals surface area contributed by atoms with Crippen molar-refractivity contribution < 1.29 is 4.79 Å². The van der Waals surface area contributed by atoms with Crippen LogP contribution in [0.1, 0.15) is 16.7 Å². The van der Waals surface area contributed by atoms with E-state index in [1.807, 2.05) is 11.0 Å². The van der Waals surface area contributed by atoms with Crippen LogP contribution in [0.25, 0.3) is 0 Å². The van der Waals surface area contributed by atoms with Gasteiger partial charge in [-0.2, -0.15) is 0 Å². The standard InChI is InChI=1S/C21H27N3O/c1-18-6-5-9-20(14-18)15-22-16-21(25)24-12-10-23(11-13-24)17-19-7-3-2-4-8-19/h2-9,14,22H,10-13,15-17H2,1H3. The first-order chi connectivity index (χ1) is 12.2. The maximum Gasteiger partial charge on any atom is 0.236 e. The number of aryl methyl sites for hydroxylation is 1. The van der Waals surface area contributed by atoms with E-state index in [1.54, 1.807) is 0 Å². The molecule has 1 aliphatic rings. The Morgan fingerprint density at radius 2 is 1.68 bits per heavy atom. The molecule has 0 bridgehead atoms. The molecule has 4 nitrogen and oxygen atoms in total. The molecule has 0 atom stereocenters. The van der Waals surface area contributed by atoms with E-state index in [-0.39, 0.29) is 5.91 Å². The largest absolute Gasteiger partial charge is 0.339 e. The van der Waals surface area contributed by atoms with Gasteiger partial charge in [-0.1, -0.05) is 60.2 Å². The van der Waals surface area contributed by atoms with Gasteiger partial charge in [0.2, 0.25) is 5.91 Å². The van der Waals surface area contributed by atoms with Crippen molar-refractivity contribution in [2.75, 3.05) is 32.7 Å². The van der Waals surface area contributed by atoms with Gasteiger partial charge >= 0.3 is 0 Å². The lowest BCUT2D eigenvalue weighted by Crippen LogP contribution is -2.50. The van der Waals surface area contributed by atoms with Crippen molar-refractivity contribution in [1.82, 2.24) is 15.1 Å². The Balaban J connectivity index is 1.38. The fraction of sp³-hybridized carbons (Fsp3) is 0.381. The van der Waals surface area contributed by atoms with Gasteiger partial charge in [-0.05, 0) is 18.1 Å². The van der Waals surface area contributed by atoms with E-state index >= 15 is 0 Å². The third-order valence-electron chi connectivity index (χ3n) is 4.66. The van der Waals surface area contributed by atoms with Crippen LogP contribution in [0.15, 0.2) is 54.6 Å². The van der Waals surface area contributed by atoms with Gasteiger partial charge in [0.15, 0.2) is 0 Å². The topological polar surface area (TPSA) is 35.6 Å². The van der Waals surface area contributed by atoms with Crippen LogP contribution in [0.5, 0.6) is 0 Å². The molecule has 25 heavy (non-hydrogen) atoms. The van der Waals surface area contributed by atoms with Gasteiger partial charge < -0.3 is 10.2 Å². The Labute approximate surface area is 150 Å². The van der Waals surface area contributed by atoms with Crippen LogP contribution in [0.3, 0.4) is 0 Å². The second-order valence-electron chi connectivity index (χ2n) is 6.74. The van der Waals surface area contributed by atoms with Crippen LogP contribution < -0.4 is 5.32 Å². The molecule has 0 aromatic heterocycles. The number of amides is 1. The Morgan fingerprint density at radius 1 is 0.960 bits per heavy atom. The van der Waals surface area contributed by atoms with E-state index in [0.29, 0.717) is 6.54 Å². The molecule has 2 aromatic carbocycles. The molecule has 1 saturated heterocycles. The van der Waals surface area contributed by atoms with Crippen molar-refractivity contribution >= 4 is 5.91 Å². The van der Waals surface area contributed by atoms with E-state index in [4.69, 9.17) is 0 Å². The molecule has 1 amide bonds. The summed E-state index contributed by atoms with van der Waals surface area (Å²) in [6.07, 6.45) is 0. The highest BCUT2D eigenvalue weighted by Crippen LogP contribution is 2.08. The van der Waals surface area contributed by atoms with Gasteiger partial charge in [-0.3, -0.25) is 9.69 Å². The number of rotatable bonds is 6. The molecule has 0 unspecified atom stereocenters. The quantitative estimate of drug-likeness (QED) is 0.879. The molecular weight excluding hydrogens is 310 g/mol. The summed E-state index contributed by atoms with van der Waals surface area (Å²) in [5.41, 5.74) is 3.81. The molecule has 4 heteroatoms. The molecule has 132 valence electrons. The van der Waals surface area contributed by atoms with Crippen LogP contribution in [0.2, 0.25) is 0 Å². The Morgan fingerprint density at radius 3 is 2.40 bits per heavy atom. The molecule has 1 fully saturated rings. The summed E-state index contributed by atoms with van der Waals surface area (Å²) in [6.45, 7) is 7.72. The van der Waals surface area contributed by atoms with Crippen molar-refractivity contribution in [2.24, 2.45) is 0 Å². The van der Waals surface area contributed by atoms with Gasteiger partial charge in [-0.25, -0.2) is 0 Å². The van der Waals surface area contributed by atoms with Gasteiger partial charge in [-0.15, -0.1) is 0 Å². The molecule has 0 radical (unpaired) electrons. The lowest BCUT2D eigenvalue weighted by molar-refractivity contribution is -0.132. The van der Waals surface area contributed by atoms with E-state index < -0.39 is 0 Å². The molecule has 1 heterocycles. The zero-order valence-corrected chi connectivity index (χ0v) is 14.9. The zero-order chi connectivity index (χ0) is 17.5. The first-order valence-corrected chi connectivity index (χ1v) is 9.01. The normalized spacial score (nSPS) is 15.3. The van der Waals surface area contributed by atoms with E-state index in [2.05, 4.69) is 65.7 Å². The predicted octanol–water partition coefficient (Wildman–Crippen LogP) is 2.43. The maximum atomic E-state index is 12.4. The molecule has 3 rings (SSSR count). The summed E-state index contributed by atoms with van der Waals surface area (Å²) < 4.78 is 0. The number of hydrogen-bond donors (Lipinski definition) is 1. The molecule has 0 saturated carbocycles. The third-order valence-corrected chi connectivity index (χ3v) is 4.66. The summed E-state index contributed by atoms with van der Waals surface area (Å²) in [6, 6.07) is 18.9. The van der Waals surface area contributed by atoms with Crippen molar-refractivity contribution in [3.63, 3.8) is 0 Å². The minimum absolute atomic E-state index is 0.201. The fourth-order valence-electron chi connectivity index (χ4n) is 3.24. The van der Waals surface area contributed by atoms with Crippen molar-refractivity contribution in [1.29, 1.82) is 0 Å². The van der Waals surface area contributed by atoms with E-state index in [9.17, 15) is 4.79 Å². The smallest absolute Gasteiger partial charge is 0.236 e.